The molecule has 1 aliphatic rings. The average molecular weight is 586 g/mol. The maximum absolute atomic E-state index is 15.3. The third kappa shape index (κ3) is 6.59. The lowest BCUT2D eigenvalue weighted by atomic mass is 10.1. The number of esters is 1. The number of carbonyl (C=O) groups excluding carboxylic acids is 3. The third-order valence-electron chi connectivity index (χ3n) is 6.50. The lowest BCUT2D eigenvalue weighted by Gasteiger charge is -2.18. The second-order valence-electron chi connectivity index (χ2n) is 9.47. The molecule has 218 valence electrons. The highest BCUT2D eigenvalue weighted by molar-refractivity contribution is 6.11. The Bertz CT molecular complexity index is 1650. The molecule has 3 amide bonds. The standard InChI is InChI=1S/C31H24FN3O8/c32-25-24(15-18-33-26(25)35(29(38)39)30(40)43-22-9-5-2-6-10-22)42-23-13-11-21(12-14-23)34-27(36)31(16-17-31)28(37)41-19-20-7-3-1-4-8-20/h1-15,18H,16-17,19H2,(H,34,36)(H,38,39). The van der Waals surface area contributed by atoms with Gasteiger partial charge >= 0.3 is 18.2 Å². The van der Waals surface area contributed by atoms with Crippen molar-refractivity contribution in [2.24, 2.45) is 5.41 Å². The molecule has 2 N–H and O–H groups in total. The Balaban J connectivity index is 1.23. The van der Waals surface area contributed by atoms with Gasteiger partial charge in [-0.1, -0.05) is 48.5 Å². The average Bonchev–Trinajstić information content (AvgIpc) is 3.82. The Hall–Kier alpha value is -5.78. The first-order chi connectivity index (χ1) is 20.8. The normalized spacial score (nSPS) is 12.9. The van der Waals surface area contributed by atoms with Crippen LogP contribution in [0, 0.1) is 11.2 Å². The van der Waals surface area contributed by atoms with Crippen LogP contribution in [-0.2, 0) is 20.9 Å². The number of amides is 3. The van der Waals surface area contributed by atoms with E-state index >= 15 is 4.39 Å². The SMILES string of the molecule is O=C(O)N(C(=O)Oc1ccccc1)c1nccc(Oc2ccc(NC(=O)C3(C(=O)OCc4ccccc4)CC3)cc2)c1F. The van der Waals surface area contributed by atoms with E-state index in [1.54, 1.807) is 18.2 Å². The van der Waals surface area contributed by atoms with Crippen LogP contribution in [0.2, 0.25) is 0 Å². The maximum Gasteiger partial charge on any atom is 0.430 e. The van der Waals surface area contributed by atoms with Gasteiger partial charge in [0.15, 0.2) is 11.6 Å². The van der Waals surface area contributed by atoms with Crippen LogP contribution in [0.15, 0.2) is 97.2 Å². The fourth-order valence-corrected chi connectivity index (χ4v) is 4.03. The van der Waals surface area contributed by atoms with Crippen molar-refractivity contribution in [3.8, 4) is 17.2 Å². The van der Waals surface area contributed by atoms with E-state index in [0.29, 0.717) is 18.5 Å². The highest BCUT2D eigenvalue weighted by Gasteiger charge is 2.58. The van der Waals surface area contributed by atoms with Crippen molar-refractivity contribution in [2.45, 2.75) is 19.4 Å². The van der Waals surface area contributed by atoms with Gasteiger partial charge in [0.2, 0.25) is 11.7 Å². The summed E-state index contributed by atoms with van der Waals surface area (Å²) in [5.41, 5.74) is -0.0858. The molecule has 1 fully saturated rings. The van der Waals surface area contributed by atoms with Gasteiger partial charge in [-0.3, -0.25) is 9.59 Å². The first kappa shape index (κ1) is 28.7. The highest BCUT2D eigenvalue weighted by atomic mass is 19.1. The number of carbonyl (C=O) groups is 4. The van der Waals surface area contributed by atoms with Crippen molar-refractivity contribution in [3.63, 3.8) is 0 Å². The summed E-state index contributed by atoms with van der Waals surface area (Å²) in [5, 5.41) is 12.3. The number of anilines is 2. The summed E-state index contributed by atoms with van der Waals surface area (Å²) in [4.78, 5) is 53.6. The number of benzene rings is 3. The number of pyridine rings is 1. The lowest BCUT2D eigenvalue weighted by Crippen LogP contribution is -2.39. The minimum absolute atomic E-state index is 0.0202. The van der Waals surface area contributed by atoms with Gasteiger partial charge in [-0.25, -0.2) is 14.6 Å². The number of hydrogen-bond acceptors (Lipinski definition) is 8. The number of hydrogen-bond donors (Lipinski definition) is 2. The molecule has 4 aromatic rings. The zero-order valence-corrected chi connectivity index (χ0v) is 22.4. The maximum atomic E-state index is 15.3. The fraction of sp³-hybridized carbons (Fsp3) is 0.129. The molecular formula is C31H24FN3O8. The second kappa shape index (κ2) is 12.4. The molecule has 0 unspecified atom stereocenters. The number of aromatic nitrogens is 1. The summed E-state index contributed by atoms with van der Waals surface area (Å²) in [6.07, 6.45) is -1.41. The van der Waals surface area contributed by atoms with Gasteiger partial charge in [0, 0.05) is 18.0 Å². The van der Waals surface area contributed by atoms with Gasteiger partial charge < -0.3 is 24.6 Å². The Labute approximate surface area is 244 Å². The number of rotatable bonds is 9. The number of carboxylic acid groups (broad SMARTS) is 1. The topological polar surface area (TPSA) is 144 Å². The molecule has 3 aromatic carbocycles. The van der Waals surface area contributed by atoms with Crippen molar-refractivity contribution >= 4 is 35.6 Å². The summed E-state index contributed by atoms with van der Waals surface area (Å²) in [5.74, 6) is -3.40. The molecule has 43 heavy (non-hydrogen) atoms. The van der Waals surface area contributed by atoms with E-state index in [1.807, 2.05) is 30.3 Å². The van der Waals surface area contributed by atoms with Crippen molar-refractivity contribution in [1.82, 2.24) is 4.98 Å². The Morgan fingerprint density at radius 3 is 2.16 bits per heavy atom. The van der Waals surface area contributed by atoms with E-state index in [2.05, 4.69) is 10.3 Å². The molecule has 0 bridgehead atoms. The molecule has 0 radical (unpaired) electrons. The zero-order valence-electron chi connectivity index (χ0n) is 22.4. The summed E-state index contributed by atoms with van der Waals surface area (Å²) in [6, 6.07) is 23.8. The lowest BCUT2D eigenvalue weighted by molar-refractivity contribution is -0.154. The van der Waals surface area contributed by atoms with Crippen molar-refractivity contribution in [2.75, 3.05) is 10.2 Å². The minimum Gasteiger partial charge on any atom is -0.464 e. The Morgan fingerprint density at radius 2 is 1.53 bits per heavy atom. The van der Waals surface area contributed by atoms with E-state index in [1.165, 1.54) is 36.4 Å². The summed E-state index contributed by atoms with van der Waals surface area (Å²) < 4.78 is 31.2. The molecule has 0 aliphatic heterocycles. The first-order valence-electron chi connectivity index (χ1n) is 13.0. The molecule has 1 heterocycles. The molecule has 0 spiro atoms. The number of para-hydroxylation sites is 1. The van der Waals surface area contributed by atoms with Crippen molar-refractivity contribution in [1.29, 1.82) is 0 Å². The van der Waals surface area contributed by atoms with Crippen LogP contribution < -0.4 is 19.7 Å². The predicted molar refractivity (Wildman–Crippen MR) is 150 cm³/mol. The quantitative estimate of drug-likeness (QED) is 0.174. The van der Waals surface area contributed by atoms with Crippen LogP contribution in [-0.4, -0.2) is 34.2 Å². The summed E-state index contributed by atoms with van der Waals surface area (Å²) in [6.45, 7) is 0.0620. The van der Waals surface area contributed by atoms with Crippen molar-refractivity contribution < 1.29 is 42.9 Å². The van der Waals surface area contributed by atoms with Crippen LogP contribution >= 0.6 is 0 Å². The predicted octanol–water partition coefficient (Wildman–Crippen LogP) is 6.16. The molecule has 0 atom stereocenters. The highest BCUT2D eigenvalue weighted by Crippen LogP contribution is 2.48. The number of nitrogens with one attached hydrogen (secondary N) is 1. The van der Waals surface area contributed by atoms with E-state index in [4.69, 9.17) is 14.2 Å². The Kier molecular flexibility index (Phi) is 8.28. The zero-order chi connectivity index (χ0) is 30.4. The van der Waals surface area contributed by atoms with Gasteiger partial charge in [0.05, 0.1) is 0 Å². The molecular weight excluding hydrogens is 561 g/mol. The molecule has 0 saturated heterocycles. The number of nitrogens with zero attached hydrogens (tertiary/aromatic N) is 2. The van der Waals surface area contributed by atoms with Crippen LogP contribution in [0.5, 0.6) is 17.2 Å². The van der Waals surface area contributed by atoms with Crippen LogP contribution in [0.1, 0.15) is 18.4 Å². The van der Waals surface area contributed by atoms with Gasteiger partial charge in [0.25, 0.3) is 0 Å². The number of ether oxygens (including phenoxy) is 3. The van der Waals surface area contributed by atoms with E-state index in [9.17, 15) is 24.3 Å². The van der Waals surface area contributed by atoms with Crippen LogP contribution in [0.3, 0.4) is 0 Å². The van der Waals surface area contributed by atoms with Crippen LogP contribution in [0.25, 0.3) is 0 Å². The monoisotopic (exact) mass is 585 g/mol. The molecule has 12 heteroatoms. The molecule has 11 nitrogen and oxygen atoms in total. The summed E-state index contributed by atoms with van der Waals surface area (Å²) in [7, 11) is 0. The van der Waals surface area contributed by atoms with Gasteiger partial charge in [0.1, 0.15) is 23.5 Å². The van der Waals surface area contributed by atoms with E-state index in [0.717, 1.165) is 17.8 Å². The minimum atomic E-state index is -1.82. The number of imide groups is 1. The van der Waals surface area contributed by atoms with Crippen LogP contribution in [0.4, 0.5) is 25.5 Å². The molecule has 5 rings (SSSR count). The van der Waals surface area contributed by atoms with Gasteiger partial charge in [-0.05, 0) is 54.8 Å². The number of halogens is 1. The Morgan fingerprint density at radius 1 is 0.884 bits per heavy atom. The second-order valence-corrected chi connectivity index (χ2v) is 9.47. The smallest absolute Gasteiger partial charge is 0.430 e. The first-order valence-corrected chi connectivity index (χ1v) is 13.0. The largest absolute Gasteiger partial charge is 0.464 e. The van der Waals surface area contributed by atoms with E-state index in [-0.39, 0.29) is 23.0 Å². The molecule has 1 aliphatic carbocycles. The van der Waals surface area contributed by atoms with E-state index < -0.39 is 46.9 Å². The third-order valence-corrected chi connectivity index (χ3v) is 6.50. The van der Waals surface area contributed by atoms with Gasteiger partial charge in [-0.2, -0.15) is 9.29 Å². The van der Waals surface area contributed by atoms with Crippen molar-refractivity contribution in [3.05, 3.63) is 109 Å². The summed E-state index contributed by atoms with van der Waals surface area (Å²) >= 11 is 0. The molecule has 1 saturated carbocycles. The fourth-order valence-electron chi connectivity index (χ4n) is 4.03. The molecule has 1 aromatic heterocycles. The van der Waals surface area contributed by atoms with Gasteiger partial charge in [-0.15, -0.1) is 0 Å².